The van der Waals surface area contributed by atoms with Crippen molar-refractivity contribution in [3.63, 3.8) is 0 Å². The van der Waals surface area contributed by atoms with E-state index in [1.165, 1.54) is 28.0 Å². The Bertz CT molecular complexity index is 1320. The number of amides is 3. The first kappa shape index (κ1) is 25.1. The van der Waals surface area contributed by atoms with Crippen molar-refractivity contribution in [1.29, 1.82) is 0 Å². The van der Waals surface area contributed by atoms with Gasteiger partial charge in [-0.05, 0) is 36.3 Å². The molecular formula is C24H20N4O3S4. The number of aromatic nitrogens is 1. The van der Waals surface area contributed by atoms with Crippen LogP contribution in [0.25, 0.3) is 16.3 Å². The van der Waals surface area contributed by atoms with Gasteiger partial charge in [0.1, 0.15) is 10.9 Å². The quantitative estimate of drug-likeness (QED) is 0.199. The summed E-state index contributed by atoms with van der Waals surface area (Å²) in [7, 11) is 0. The summed E-state index contributed by atoms with van der Waals surface area (Å²) in [5, 5.41) is 0. The molecule has 11 heteroatoms. The zero-order valence-electron chi connectivity index (χ0n) is 18.5. The summed E-state index contributed by atoms with van der Waals surface area (Å²) < 4.78 is 2.11. The Labute approximate surface area is 220 Å². The van der Waals surface area contributed by atoms with Gasteiger partial charge in [-0.3, -0.25) is 30.1 Å². The van der Waals surface area contributed by atoms with Gasteiger partial charge >= 0.3 is 0 Å². The highest BCUT2D eigenvalue weighted by molar-refractivity contribution is 8.26. The number of thiocarbonyl (C=S) groups is 1. The molecular weight excluding hydrogens is 521 g/mol. The van der Waals surface area contributed by atoms with E-state index in [1.54, 1.807) is 6.08 Å². The van der Waals surface area contributed by atoms with Gasteiger partial charge in [-0.2, -0.15) is 0 Å². The lowest BCUT2D eigenvalue weighted by atomic mass is 10.1. The number of thiazole rings is 1. The van der Waals surface area contributed by atoms with Crippen molar-refractivity contribution in [2.75, 3.05) is 12.3 Å². The smallest absolute Gasteiger partial charge is 0.266 e. The molecule has 1 fully saturated rings. The Balaban J connectivity index is 1.25. The number of hydrazine groups is 1. The number of fused-ring (bicyclic) bond motifs is 1. The molecule has 2 aromatic carbocycles. The van der Waals surface area contributed by atoms with Crippen LogP contribution in [-0.4, -0.2) is 44.2 Å². The highest BCUT2D eigenvalue weighted by Crippen LogP contribution is 2.32. The average Bonchev–Trinajstić information content (AvgIpc) is 3.38. The number of hydrogen-bond acceptors (Lipinski definition) is 8. The van der Waals surface area contributed by atoms with Crippen LogP contribution in [0, 0.1) is 0 Å². The molecule has 1 aliphatic rings. The number of hydrogen-bond donors (Lipinski definition) is 2. The van der Waals surface area contributed by atoms with Gasteiger partial charge in [0.2, 0.25) is 5.91 Å². The molecule has 178 valence electrons. The molecule has 0 unspecified atom stereocenters. The van der Waals surface area contributed by atoms with Crippen molar-refractivity contribution in [2.24, 2.45) is 0 Å². The van der Waals surface area contributed by atoms with E-state index in [9.17, 15) is 14.4 Å². The fourth-order valence-corrected chi connectivity index (χ4v) is 6.27. The van der Waals surface area contributed by atoms with Gasteiger partial charge in [0.25, 0.3) is 11.8 Å². The van der Waals surface area contributed by atoms with Gasteiger partial charge in [-0.25, -0.2) is 4.98 Å². The lowest BCUT2D eigenvalue weighted by molar-refractivity contribution is -0.131. The van der Waals surface area contributed by atoms with Crippen LogP contribution in [0.5, 0.6) is 0 Å². The molecule has 1 aromatic heterocycles. The Hall–Kier alpha value is -2.99. The summed E-state index contributed by atoms with van der Waals surface area (Å²) >= 11 is 9.22. The summed E-state index contributed by atoms with van der Waals surface area (Å²) in [4.78, 5) is 43.3. The molecule has 0 radical (unpaired) electrons. The molecule has 2 heterocycles. The number of carbonyl (C=O) groups is 3. The molecule has 1 aliphatic heterocycles. The average molecular weight is 541 g/mol. The first-order chi connectivity index (χ1) is 16.9. The van der Waals surface area contributed by atoms with E-state index >= 15 is 0 Å². The highest BCUT2D eigenvalue weighted by Gasteiger charge is 2.33. The van der Waals surface area contributed by atoms with Crippen LogP contribution in [0.1, 0.15) is 12.5 Å². The van der Waals surface area contributed by atoms with Gasteiger partial charge in [0.05, 0.1) is 20.9 Å². The van der Waals surface area contributed by atoms with E-state index in [0.717, 1.165) is 37.5 Å². The maximum atomic E-state index is 12.8. The second kappa shape index (κ2) is 11.6. The van der Waals surface area contributed by atoms with Crippen molar-refractivity contribution >= 4 is 85.4 Å². The number of benzene rings is 2. The Morgan fingerprint density at radius 3 is 2.57 bits per heavy atom. The molecule has 0 bridgehead atoms. The normalized spacial score (nSPS) is 15.2. The van der Waals surface area contributed by atoms with Crippen LogP contribution in [0.15, 0.2) is 75.5 Å². The lowest BCUT2D eigenvalue weighted by Gasteiger charge is -2.14. The molecule has 2 N–H and O–H groups in total. The molecule has 7 nitrogen and oxygen atoms in total. The molecule has 0 spiro atoms. The van der Waals surface area contributed by atoms with Crippen molar-refractivity contribution < 1.29 is 14.4 Å². The minimum atomic E-state index is -0.544. The second-order valence-corrected chi connectivity index (χ2v) is 11.3. The number of allylic oxidation sites excluding steroid dienone is 2. The predicted octanol–water partition coefficient (Wildman–Crippen LogP) is 4.38. The van der Waals surface area contributed by atoms with Crippen LogP contribution in [-0.2, 0) is 14.4 Å². The van der Waals surface area contributed by atoms with Crippen molar-refractivity contribution in [2.45, 2.75) is 11.3 Å². The van der Waals surface area contributed by atoms with Crippen LogP contribution < -0.4 is 10.9 Å². The SMILES string of the molecule is CC(=Cc1ccccc1)C=C1SC(=S)N(CC(=O)NNC(=O)CSc2nc3ccccc3s2)C1=O. The second-order valence-electron chi connectivity index (χ2n) is 7.40. The van der Waals surface area contributed by atoms with E-state index < -0.39 is 5.91 Å². The molecule has 4 rings (SSSR count). The summed E-state index contributed by atoms with van der Waals surface area (Å²) in [5.41, 5.74) is 7.50. The Kier molecular flexibility index (Phi) is 8.34. The van der Waals surface area contributed by atoms with Crippen molar-refractivity contribution in [1.82, 2.24) is 20.7 Å². The summed E-state index contributed by atoms with van der Waals surface area (Å²) in [6, 6.07) is 17.5. The molecule has 3 amide bonds. The fraction of sp³-hybridized carbons (Fsp3) is 0.125. The van der Waals surface area contributed by atoms with Gasteiger partial charge in [-0.15, -0.1) is 11.3 Å². The van der Waals surface area contributed by atoms with Crippen LogP contribution in [0.2, 0.25) is 0 Å². The third-order valence-electron chi connectivity index (χ3n) is 4.67. The standard InChI is InChI=1S/C24H20N4O3S4/c1-15(11-16-7-3-2-4-8-16)12-19-22(31)28(24(32)35-19)13-20(29)26-27-21(30)14-33-23-25-17-9-5-6-10-18(17)34-23/h2-12H,13-14H2,1H3,(H,26,29)(H,27,30). The summed E-state index contributed by atoms with van der Waals surface area (Å²) in [5.74, 6) is -1.17. The molecule has 0 aliphatic carbocycles. The van der Waals surface area contributed by atoms with Gasteiger partial charge < -0.3 is 0 Å². The largest absolute Gasteiger partial charge is 0.283 e. The minimum absolute atomic E-state index is 0.0942. The number of para-hydroxylation sites is 1. The third-order valence-corrected chi connectivity index (χ3v) is 8.23. The Morgan fingerprint density at radius 1 is 1.09 bits per heavy atom. The fourth-order valence-electron chi connectivity index (χ4n) is 3.10. The maximum absolute atomic E-state index is 12.8. The van der Waals surface area contributed by atoms with Gasteiger partial charge in [0.15, 0.2) is 4.34 Å². The molecule has 3 aromatic rings. The maximum Gasteiger partial charge on any atom is 0.266 e. The third kappa shape index (κ3) is 6.79. The summed E-state index contributed by atoms with van der Waals surface area (Å²) in [6.07, 6.45) is 3.71. The van der Waals surface area contributed by atoms with E-state index in [-0.39, 0.29) is 24.1 Å². The number of thioether (sulfide) groups is 2. The van der Waals surface area contributed by atoms with E-state index in [1.807, 2.05) is 67.6 Å². The van der Waals surface area contributed by atoms with Gasteiger partial charge in [0, 0.05) is 0 Å². The highest BCUT2D eigenvalue weighted by atomic mass is 32.2. The minimum Gasteiger partial charge on any atom is -0.283 e. The van der Waals surface area contributed by atoms with Crippen LogP contribution in [0.4, 0.5) is 0 Å². The van der Waals surface area contributed by atoms with E-state index in [4.69, 9.17) is 12.2 Å². The molecule has 0 atom stereocenters. The predicted molar refractivity (Wildman–Crippen MR) is 147 cm³/mol. The first-order valence-electron chi connectivity index (χ1n) is 10.4. The number of nitrogens with zero attached hydrogens (tertiary/aromatic N) is 2. The van der Waals surface area contributed by atoms with Crippen LogP contribution >= 0.6 is 47.1 Å². The zero-order chi connectivity index (χ0) is 24.8. The van der Waals surface area contributed by atoms with Crippen LogP contribution in [0.3, 0.4) is 0 Å². The zero-order valence-corrected chi connectivity index (χ0v) is 21.8. The molecule has 0 saturated carbocycles. The lowest BCUT2D eigenvalue weighted by Crippen LogP contribution is -2.47. The van der Waals surface area contributed by atoms with Gasteiger partial charge in [-0.1, -0.05) is 84.3 Å². The molecule has 1 saturated heterocycles. The van der Waals surface area contributed by atoms with E-state index in [2.05, 4.69) is 15.8 Å². The first-order valence-corrected chi connectivity index (χ1v) is 13.5. The van der Waals surface area contributed by atoms with Crippen molar-refractivity contribution in [3.05, 3.63) is 76.7 Å². The number of rotatable bonds is 7. The van der Waals surface area contributed by atoms with E-state index in [0.29, 0.717) is 9.23 Å². The summed E-state index contributed by atoms with van der Waals surface area (Å²) in [6.45, 7) is 1.61. The Morgan fingerprint density at radius 2 is 1.80 bits per heavy atom. The topological polar surface area (TPSA) is 91.4 Å². The monoisotopic (exact) mass is 540 g/mol. The molecule has 35 heavy (non-hydrogen) atoms. The van der Waals surface area contributed by atoms with Crippen molar-refractivity contribution in [3.8, 4) is 0 Å². The number of nitrogens with one attached hydrogen (secondary N) is 2. The number of carbonyl (C=O) groups excluding carboxylic acids is 3.